The van der Waals surface area contributed by atoms with Gasteiger partial charge in [0.15, 0.2) is 0 Å². The third kappa shape index (κ3) is 4.76. The molecule has 9 nitrogen and oxygen atoms in total. The van der Waals surface area contributed by atoms with Crippen LogP contribution in [0.1, 0.15) is 11.3 Å². The Morgan fingerprint density at radius 3 is 2.67 bits per heavy atom. The summed E-state index contributed by atoms with van der Waals surface area (Å²) in [6.45, 7) is 4.46. The lowest BCUT2D eigenvalue weighted by Gasteiger charge is -2.17. The Morgan fingerprint density at radius 1 is 1.08 bits per heavy atom. The van der Waals surface area contributed by atoms with Crippen molar-refractivity contribution in [3.8, 4) is 16.9 Å². The van der Waals surface area contributed by atoms with Crippen LogP contribution < -0.4 is 20.7 Å². The summed E-state index contributed by atoms with van der Waals surface area (Å²) < 4.78 is 26.8. The Kier molecular flexibility index (Phi) is 6.59. The molecule has 0 saturated carbocycles. The van der Waals surface area contributed by atoms with Gasteiger partial charge in [0.2, 0.25) is 5.95 Å². The molecule has 2 aromatic carbocycles. The lowest BCUT2D eigenvalue weighted by molar-refractivity contribution is 0.104. The second-order valence-corrected chi connectivity index (χ2v) is 12.9. The van der Waals surface area contributed by atoms with Crippen molar-refractivity contribution in [2.45, 2.75) is 13.2 Å². The van der Waals surface area contributed by atoms with E-state index in [1.165, 1.54) is 0 Å². The van der Waals surface area contributed by atoms with E-state index in [0.29, 0.717) is 40.9 Å². The zero-order valence-electron chi connectivity index (χ0n) is 20.4. The van der Waals surface area contributed by atoms with Crippen molar-refractivity contribution < 1.29 is 14.0 Å². The number of anilines is 4. The molecule has 0 amide bonds. The molecular formula is C25H26BrN6O3P. The molecule has 3 heterocycles. The number of para-hydroxylation sites is 1. The van der Waals surface area contributed by atoms with E-state index in [1.807, 2.05) is 54.3 Å². The van der Waals surface area contributed by atoms with Crippen LogP contribution in [0.4, 0.5) is 23.1 Å². The van der Waals surface area contributed by atoms with E-state index in [-0.39, 0.29) is 0 Å². The minimum atomic E-state index is -2.50. The number of methoxy groups -OCH3 is 1. The van der Waals surface area contributed by atoms with E-state index in [1.54, 1.807) is 26.6 Å². The first-order chi connectivity index (χ1) is 17.2. The van der Waals surface area contributed by atoms with Crippen LogP contribution in [-0.4, -0.2) is 40.2 Å². The van der Waals surface area contributed by atoms with Crippen LogP contribution in [-0.2, 0) is 29.6 Å². The number of rotatable bonds is 6. The van der Waals surface area contributed by atoms with Crippen molar-refractivity contribution in [2.75, 3.05) is 31.1 Å². The molecule has 0 bridgehead atoms. The topological polar surface area (TPSA) is 103 Å². The van der Waals surface area contributed by atoms with Gasteiger partial charge in [-0.2, -0.15) is 10.1 Å². The zero-order valence-corrected chi connectivity index (χ0v) is 22.9. The zero-order chi connectivity index (χ0) is 25.4. The summed E-state index contributed by atoms with van der Waals surface area (Å²) in [7, 11) is 1.04. The van der Waals surface area contributed by atoms with E-state index >= 15 is 0 Å². The number of ether oxygens (including phenoxy) is 2. The molecule has 0 aliphatic carbocycles. The maximum Gasteiger partial charge on any atom is 0.229 e. The predicted molar refractivity (Wildman–Crippen MR) is 146 cm³/mol. The lowest BCUT2D eigenvalue weighted by Crippen LogP contribution is -2.11. The predicted octanol–water partition coefficient (Wildman–Crippen LogP) is 5.41. The van der Waals surface area contributed by atoms with Gasteiger partial charge in [0, 0.05) is 24.1 Å². The van der Waals surface area contributed by atoms with E-state index in [0.717, 1.165) is 33.4 Å². The highest BCUT2D eigenvalue weighted by Crippen LogP contribution is 2.40. The van der Waals surface area contributed by atoms with Gasteiger partial charge in [-0.25, -0.2) is 4.98 Å². The molecule has 2 N–H and O–H groups in total. The Morgan fingerprint density at radius 2 is 1.89 bits per heavy atom. The molecule has 0 unspecified atom stereocenters. The Balaban J connectivity index is 1.51. The van der Waals surface area contributed by atoms with Gasteiger partial charge in [0.05, 0.1) is 48.1 Å². The fourth-order valence-electron chi connectivity index (χ4n) is 4.19. The standard InChI is InChI=1S/C25H26BrN6O3P/c1-32-21-14-35-13-15-9-22(34-2)20(10-16(15)17(21)11-28-32)30-25-27-12-18(26)24(31-25)29-19-7-5-6-8-23(19)36(3,4)33/h5-12H,13-14H2,1-4H3,(H2,27,29,30,31). The first-order valence-electron chi connectivity index (χ1n) is 11.3. The number of hydrogen-bond donors (Lipinski definition) is 2. The van der Waals surface area contributed by atoms with Crippen LogP contribution in [0.25, 0.3) is 11.1 Å². The molecule has 1 aliphatic rings. The minimum absolute atomic E-state index is 0.379. The monoisotopic (exact) mass is 568 g/mol. The van der Waals surface area contributed by atoms with Crippen LogP contribution in [0.2, 0.25) is 0 Å². The summed E-state index contributed by atoms with van der Waals surface area (Å²) in [5.41, 5.74) is 5.53. The molecule has 0 radical (unpaired) electrons. The van der Waals surface area contributed by atoms with Crippen LogP contribution in [0.15, 0.2) is 53.3 Å². The molecule has 0 saturated heterocycles. The number of halogens is 1. The third-order valence-electron chi connectivity index (χ3n) is 6.00. The molecular weight excluding hydrogens is 543 g/mol. The molecule has 11 heteroatoms. The normalized spacial score (nSPS) is 12.9. The fraction of sp³-hybridized carbons (Fsp3) is 0.240. The van der Waals surface area contributed by atoms with Crippen molar-refractivity contribution in [3.05, 3.63) is 64.5 Å². The van der Waals surface area contributed by atoms with Crippen molar-refractivity contribution in [3.63, 3.8) is 0 Å². The van der Waals surface area contributed by atoms with Crippen molar-refractivity contribution in [1.82, 2.24) is 19.7 Å². The molecule has 36 heavy (non-hydrogen) atoms. The van der Waals surface area contributed by atoms with Gasteiger partial charge in [-0.15, -0.1) is 0 Å². The lowest BCUT2D eigenvalue weighted by atomic mass is 10.00. The summed E-state index contributed by atoms with van der Waals surface area (Å²) in [6, 6.07) is 11.5. The second-order valence-electron chi connectivity index (χ2n) is 8.84. The van der Waals surface area contributed by atoms with Crippen LogP contribution >= 0.6 is 23.1 Å². The number of nitrogens with zero attached hydrogens (tertiary/aromatic N) is 4. The average Bonchev–Trinajstić information content (AvgIpc) is 3.11. The quantitative estimate of drug-likeness (QED) is 0.297. The van der Waals surface area contributed by atoms with E-state index in [2.05, 4.69) is 41.6 Å². The number of hydrogen-bond acceptors (Lipinski definition) is 8. The highest BCUT2D eigenvalue weighted by Gasteiger charge is 2.22. The van der Waals surface area contributed by atoms with Crippen LogP contribution in [0.3, 0.4) is 0 Å². The SMILES string of the molecule is COc1cc2c(cc1Nc1ncc(Br)c(Nc3ccccc3P(C)(C)=O)n1)-c1cnn(C)c1COC2. The average molecular weight is 569 g/mol. The number of nitrogens with one attached hydrogen (secondary N) is 2. The first kappa shape index (κ1) is 24.5. The van der Waals surface area contributed by atoms with Crippen LogP contribution in [0, 0.1) is 0 Å². The molecule has 0 fully saturated rings. The number of fused-ring (bicyclic) bond motifs is 3. The summed E-state index contributed by atoms with van der Waals surface area (Å²) in [5, 5.41) is 11.8. The molecule has 0 spiro atoms. The van der Waals surface area contributed by atoms with E-state index < -0.39 is 7.14 Å². The summed E-state index contributed by atoms with van der Waals surface area (Å²) in [6.07, 6.45) is 3.52. The minimum Gasteiger partial charge on any atom is -0.495 e. The number of aromatic nitrogens is 4. The fourth-order valence-corrected chi connectivity index (χ4v) is 5.63. The Hall–Kier alpha value is -3.20. The van der Waals surface area contributed by atoms with Crippen LogP contribution in [0.5, 0.6) is 5.75 Å². The van der Waals surface area contributed by atoms with Gasteiger partial charge in [0.25, 0.3) is 0 Å². The van der Waals surface area contributed by atoms with Gasteiger partial charge in [-0.1, -0.05) is 12.1 Å². The molecule has 0 atom stereocenters. The highest BCUT2D eigenvalue weighted by atomic mass is 79.9. The Bertz CT molecular complexity index is 1500. The first-order valence-corrected chi connectivity index (χ1v) is 14.6. The largest absolute Gasteiger partial charge is 0.495 e. The number of aryl methyl sites for hydroxylation is 1. The molecule has 2 aromatic heterocycles. The summed E-state index contributed by atoms with van der Waals surface area (Å²) in [4.78, 5) is 9.11. The van der Waals surface area contributed by atoms with E-state index in [9.17, 15) is 4.57 Å². The van der Waals surface area contributed by atoms with Crippen molar-refractivity contribution >= 4 is 51.5 Å². The second kappa shape index (κ2) is 9.69. The summed E-state index contributed by atoms with van der Waals surface area (Å²) >= 11 is 3.52. The van der Waals surface area contributed by atoms with Gasteiger partial charge >= 0.3 is 0 Å². The van der Waals surface area contributed by atoms with Gasteiger partial charge in [-0.05, 0) is 64.7 Å². The van der Waals surface area contributed by atoms with E-state index in [4.69, 9.17) is 9.47 Å². The molecule has 5 rings (SSSR count). The van der Waals surface area contributed by atoms with Crippen molar-refractivity contribution in [2.24, 2.45) is 7.05 Å². The maximum absolute atomic E-state index is 12.8. The number of benzene rings is 2. The smallest absolute Gasteiger partial charge is 0.229 e. The molecule has 1 aliphatic heterocycles. The van der Waals surface area contributed by atoms with Gasteiger partial charge in [-0.3, -0.25) is 4.68 Å². The van der Waals surface area contributed by atoms with Crippen molar-refractivity contribution in [1.29, 1.82) is 0 Å². The van der Waals surface area contributed by atoms with Gasteiger partial charge < -0.3 is 24.7 Å². The maximum atomic E-state index is 12.8. The van der Waals surface area contributed by atoms with Gasteiger partial charge in [0.1, 0.15) is 18.7 Å². The Labute approximate surface area is 217 Å². The third-order valence-corrected chi connectivity index (χ3v) is 8.13. The molecule has 4 aromatic rings. The molecule has 186 valence electrons. The summed E-state index contributed by atoms with van der Waals surface area (Å²) in [5.74, 6) is 1.57. The highest BCUT2D eigenvalue weighted by molar-refractivity contribution is 9.10.